The maximum Gasteiger partial charge on any atom is 0.329 e. The fourth-order valence-corrected chi connectivity index (χ4v) is 2.41. The van der Waals surface area contributed by atoms with Crippen LogP contribution in [0.5, 0.6) is 5.75 Å². The Labute approximate surface area is 166 Å². The molecule has 2 amide bonds. The molecule has 0 unspecified atom stereocenters. The Bertz CT molecular complexity index is 869. The van der Waals surface area contributed by atoms with Crippen molar-refractivity contribution >= 4 is 41.2 Å². The van der Waals surface area contributed by atoms with E-state index in [0.717, 1.165) is 5.56 Å². The fraction of sp³-hybridized carbons (Fsp3) is 0.105. The average molecular weight is 406 g/mol. The molecular weight excluding hydrogens is 389 g/mol. The minimum Gasteiger partial charge on any atom is -0.489 e. The molecule has 0 saturated heterocycles. The summed E-state index contributed by atoms with van der Waals surface area (Å²) in [6.07, 6.45) is 2.87. The van der Waals surface area contributed by atoms with E-state index in [2.05, 4.69) is 22.4 Å². The summed E-state index contributed by atoms with van der Waals surface area (Å²) in [7, 11) is 0. The number of amides is 2. The van der Waals surface area contributed by atoms with Crippen molar-refractivity contribution in [3.05, 3.63) is 76.3 Å². The van der Waals surface area contributed by atoms with Crippen LogP contribution in [0, 0.1) is 0 Å². The third-order valence-electron chi connectivity index (χ3n) is 3.26. The van der Waals surface area contributed by atoms with E-state index in [4.69, 9.17) is 27.9 Å². The van der Waals surface area contributed by atoms with E-state index < -0.39 is 11.8 Å². The molecule has 0 aliphatic heterocycles. The summed E-state index contributed by atoms with van der Waals surface area (Å²) in [5.41, 5.74) is 3.63. The van der Waals surface area contributed by atoms with Gasteiger partial charge < -0.3 is 10.1 Å². The zero-order valence-electron chi connectivity index (χ0n) is 14.2. The summed E-state index contributed by atoms with van der Waals surface area (Å²) < 4.78 is 5.71. The van der Waals surface area contributed by atoms with Crippen LogP contribution in [0.4, 0.5) is 0 Å². The number of nitrogens with one attached hydrogen (secondary N) is 2. The van der Waals surface area contributed by atoms with Crippen LogP contribution in [-0.4, -0.2) is 24.6 Å². The first-order valence-corrected chi connectivity index (χ1v) is 8.64. The first kappa shape index (κ1) is 20.5. The first-order chi connectivity index (χ1) is 13.0. The first-order valence-electron chi connectivity index (χ1n) is 7.88. The molecule has 27 heavy (non-hydrogen) atoms. The number of hydrogen-bond acceptors (Lipinski definition) is 4. The van der Waals surface area contributed by atoms with E-state index in [-0.39, 0.29) is 13.2 Å². The van der Waals surface area contributed by atoms with Gasteiger partial charge >= 0.3 is 11.8 Å². The predicted molar refractivity (Wildman–Crippen MR) is 106 cm³/mol. The number of nitrogens with zero attached hydrogens (tertiary/aromatic N) is 1. The highest BCUT2D eigenvalue weighted by Crippen LogP contribution is 2.22. The normalized spacial score (nSPS) is 10.4. The van der Waals surface area contributed by atoms with Crippen molar-refractivity contribution in [1.29, 1.82) is 0 Å². The van der Waals surface area contributed by atoms with Crippen LogP contribution in [0.2, 0.25) is 10.0 Å². The summed E-state index contributed by atoms with van der Waals surface area (Å²) in [6, 6.07) is 12.2. The highest BCUT2D eigenvalue weighted by molar-refractivity contribution is 6.35. The van der Waals surface area contributed by atoms with Gasteiger partial charge in [-0.2, -0.15) is 5.10 Å². The molecular formula is C19H17Cl2N3O3. The van der Waals surface area contributed by atoms with Gasteiger partial charge in [-0.1, -0.05) is 47.5 Å². The lowest BCUT2D eigenvalue weighted by Gasteiger charge is -2.08. The number of carbonyl (C=O) groups is 2. The molecule has 2 rings (SSSR count). The van der Waals surface area contributed by atoms with E-state index in [0.29, 0.717) is 21.4 Å². The topological polar surface area (TPSA) is 79.8 Å². The van der Waals surface area contributed by atoms with Gasteiger partial charge in [0.25, 0.3) is 0 Å². The number of benzene rings is 2. The fourth-order valence-electron chi connectivity index (χ4n) is 1.95. The van der Waals surface area contributed by atoms with E-state index in [1.54, 1.807) is 42.5 Å². The molecule has 6 nitrogen and oxygen atoms in total. The second-order valence-corrected chi connectivity index (χ2v) is 6.14. The molecule has 0 heterocycles. The molecule has 2 aromatic carbocycles. The summed E-state index contributed by atoms with van der Waals surface area (Å²) in [5, 5.41) is 7.18. The highest BCUT2D eigenvalue weighted by Gasteiger charge is 2.10. The molecule has 0 aromatic heterocycles. The van der Waals surface area contributed by atoms with Gasteiger partial charge in [0.05, 0.1) is 6.21 Å². The van der Waals surface area contributed by atoms with Crippen molar-refractivity contribution in [3.63, 3.8) is 0 Å². The van der Waals surface area contributed by atoms with Crippen molar-refractivity contribution in [2.75, 3.05) is 6.54 Å². The lowest BCUT2D eigenvalue weighted by atomic mass is 10.2. The van der Waals surface area contributed by atoms with Crippen LogP contribution in [0.25, 0.3) is 0 Å². The molecule has 0 fully saturated rings. The Morgan fingerprint density at radius 2 is 1.96 bits per heavy atom. The molecule has 2 aromatic rings. The molecule has 2 N–H and O–H groups in total. The van der Waals surface area contributed by atoms with Gasteiger partial charge in [0.1, 0.15) is 12.4 Å². The number of hydrogen-bond donors (Lipinski definition) is 2. The van der Waals surface area contributed by atoms with Gasteiger partial charge in [-0.3, -0.25) is 9.59 Å². The van der Waals surface area contributed by atoms with Crippen LogP contribution in [0.15, 0.2) is 60.2 Å². The minimum absolute atomic E-state index is 0.201. The Morgan fingerprint density at radius 1 is 1.15 bits per heavy atom. The van der Waals surface area contributed by atoms with Gasteiger partial charge in [-0.15, -0.1) is 6.58 Å². The molecule has 0 aliphatic rings. The number of carbonyl (C=O) groups excluding carboxylic acids is 2. The number of hydrazone groups is 1. The number of rotatable bonds is 7. The van der Waals surface area contributed by atoms with Crippen molar-refractivity contribution in [3.8, 4) is 5.75 Å². The van der Waals surface area contributed by atoms with Gasteiger partial charge in [-0.25, -0.2) is 5.43 Å². The van der Waals surface area contributed by atoms with Crippen molar-refractivity contribution in [2.45, 2.75) is 6.61 Å². The summed E-state index contributed by atoms with van der Waals surface area (Å²) in [5.74, 6) is -1.05. The quantitative estimate of drug-likeness (QED) is 0.321. The standard InChI is InChI=1S/C19H17Cl2N3O3/c1-2-8-22-18(25)19(26)24-23-11-13-4-3-5-16(9-13)27-12-14-6-7-15(20)10-17(14)21/h2-7,9-11H,1,8,12H2,(H,22,25)(H,24,26)/b23-11-. The second-order valence-electron chi connectivity index (χ2n) is 5.29. The largest absolute Gasteiger partial charge is 0.489 e. The Balaban J connectivity index is 1.91. The van der Waals surface area contributed by atoms with Gasteiger partial charge in [0.2, 0.25) is 0 Å². The zero-order chi connectivity index (χ0) is 19.6. The predicted octanol–water partition coefficient (Wildman–Crippen LogP) is 3.32. The highest BCUT2D eigenvalue weighted by atomic mass is 35.5. The van der Waals surface area contributed by atoms with Crippen LogP contribution < -0.4 is 15.5 Å². The van der Waals surface area contributed by atoms with Crippen LogP contribution >= 0.6 is 23.2 Å². The smallest absolute Gasteiger partial charge is 0.329 e. The zero-order valence-corrected chi connectivity index (χ0v) is 15.8. The summed E-state index contributed by atoms with van der Waals surface area (Å²) >= 11 is 12.0. The van der Waals surface area contributed by atoms with Crippen LogP contribution in [-0.2, 0) is 16.2 Å². The molecule has 0 atom stereocenters. The molecule has 0 spiro atoms. The minimum atomic E-state index is -0.863. The van der Waals surface area contributed by atoms with E-state index in [1.165, 1.54) is 12.3 Å². The Hall–Kier alpha value is -2.83. The van der Waals surface area contributed by atoms with Crippen molar-refractivity contribution < 1.29 is 14.3 Å². The van der Waals surface area contributed by atoms with Crippen molar-refractivity contribution in [1.82, 2.24) is 10.7 Å². The monoisotopic (exact) mass is 405 g/mol. The maximum absolute atomic E-state index is 11.5. The molecule has 0 radical (unpaired) electrons. The van der Waals surface area contributed by atoms with Gasteiger partial charge in [-0.05, 0) is 29.8 Å². The molecule has 0 aliphatic carbocycles. The summed E-state index contributed by atoms with van der Waals surface area (Å²) in [6.45, 7) is 3.92. The van der Waals surface area contributed by atoms with Gasteiger partial charge in [0.15, 0.2) is 0 Å². The maximum atomic E-state index is 11.5. The SMILES string of the molecule is C=CCNC(=O)C(=O)N/N=C\c1cccc(OCc2ccc(Cl)cc2Cl)c1. The van der Waals surface area contributed by atoms with E-state index in [9.17, 15) is 9.59 Å². The lowest BCUT2D eigenvalue weighted by Crippen LogP contribution is -2.37. The molecule has 8 heteroatoms. The van der Waals surface area contributed by atoms with Gasteiger partial charge in [0, 0.05) is 22.2 Å². The molecule has 140 valence electrons. The third kappa shape index (κ3) is 6.77. The lowest BCUT2D eigenvalue weighted by molar-refractivity contribution is -0.139. The van der Waals surface area contributed by atoms with E-state index >= 15 is 0 Å². The summed E-state index contributed by atoms with van der Waals surface area (Å²) in [4.78, 5) is 22.9. The number of ether oxygens (including phenoxy) is 1. The van der Waals surface area contributed by atoms with E-state index in [1.807, 2.05) is 0 Å². The Morgan fingerprint density at radius 3 is 2.70 bits per heavy atom. The second kappa shape index (κ2) is 10.4. The Kier molecular flexibility index (Phi) is 7.85. The van der Waals surface area contributed by atoms with Crippen LogP contribution in [0.1, 0.15) is 11.1 Å². The molecule has 0 saturated carbocycles. The number of halogens is 2. The third-order valence-corrected chi connectivity index (χ3v) is 3.85. The van der Waals surface area contributed by atoms with Crippen LogP contribution in [0.3, 0.4) is 0 Å². The van der Waals surface area contributed by atoms with Crippen molar-refractivity contribution in [2.24, 2.45) is 5.10 Å². The average Bonchev–Trinajstić information content (AvgIpc) is 2.65. The molecule has 0 bridgehead atoms.